The minimum absolute atomic E-state index is 0.336. The van der Waals surface area contributed by atoms with Gasteiger partial charge in [-0.25, -0.2) is 0 Å². The van der Waals surface area contributed by atoms with Crippen molar-refractivity contribution in [1.82, 2.24) is 0 Å². The number of ether oxygens (including phenoxy) is 2. The van der Waals surface area contributed by atoms with Crippen LogP contribution in [0.1, 0.15) is 97.3 Å². The third-order valence-electron chi connectivity index (χ3n) is 7.05. The molecule has 2 aliphatic rings. The second-order valence-corrected chi connectivity index (χ2v) is 14.9. The molecule has 0 aromatic heterocycles. The zero-order valence-corrected chi connectivity index (χ0v) is 20.9. The van der Waals surface area contributed by atoms with Crippen LogP contribution in [0.4, 0.5) is 0 Å². The summed E-state index contributed by atoms with van der Waals surface area (Å²) in [4.78, 5) is 0. The standard InChI is InChI=1S/C26H48O2Si/c1-23(2)28-19-14-18-27-17-12-10-8-6-5-7-9-11-13-20-29(3,4)26-22-24-15-16-25(26)21-24/h23-26H,5-12,14-19,21-22H2,1-4H3. The van der Waals surface area contributed by atoms with Crippen molar-refractivity contribution in [3.63, 3.8) is 0 Å². The molecule has 0 saturated heterocycles. The summed E-state index contributed by atoms with van der Waals surface area (Å²) < 4.78 is 11.2. The second kappa shape index (κ2) is 13.9. The maximum atomic E-state index is 5.68. The number of unbranched alkanes of at least 4 members (excludes halogenated alkanes) is 7. The lowest BCUT2D eigenvalue weighted by molar-refractivity contribution is 0.0507. The molecule has 3 heteroatoms. The fraction of sp³-hybridized carbons (Fsp3) is 0.923. The van der Waals surface area contributed by atoms with Crippen LogP contribution in [0, 0.1) is 23.3 Å². The van der Waals surface area contributed by atoms with E-state index in [0.717, 1.165) is 50.0 Å². The van der Waals surface area contributed by atoms with Crippen LogP contribution >= 0.6 is 0 Å². The average molecular weight is 421 g/mol. The largest absolute Gasteiger partial charge is 0.381 e. The van der Waals surface area contributed by atoms with E-state index in [4.69, 9.17) is 9.47 Å². The first-order valence-corrected chi connectivity index (χ1v) is 15.8. The molecule has 0 aliphatic heterocycles. The Kier molecular flexibility index (Phi) is 12.0. The van der Waals surface area contributed by atoms with Crippen LogP contribution in [-0.4, -0.2) is 34.0 Å². The van der Waals surface area contributed by atoms with Gasteiger partial charge in [-0.3, -0.25) is 0 Å². The van der Waals surface area contributed by atoms with Crippen molar-refractivity contribution in [1.29, 1.82) is 0 Å². The van der Waals surface area contributed by atoms with Gasteiger partial charge >= 0.3 is 0 Å². The molecule has 2 rings (SSSR count). The molecule has 0 N–H and O–H groups in total. The zero-order valence-electron chi connectivity index (χ0n) is 19.9. The van der Waals surface area contributed by atoms with Gasteiger partial charge in [0.2, 0.25) is 0 Å². The van der Waals surface area contributed by atoms with Crippen molar-refractivity contribution in [2.24, 2.45) is 11.8 Å². The predicted octanol–water partition coefficient (Wildman–Crippen LogP) is 7.38. The van der Waals surface area contributed by atoms with Crippen LogP contribution < -0.4 is 0 Å². The number of fused-ring (bicyclic) bond motifs is 2. The topological polar surface area (TPSA) is 18.5 Å². The third-order valence-corrected chi connectivity index (χ3v) is 10.4. The van der Waals surface area contributed by atoms with Gasteiger partial charge in [-0.15, -0.1) is 11.5 Å². The van der Waals surface area contributed by atoms with Gasteiger partial charge in [-0.1, -0.05) is 58.0 Å². The molecule has 0 aromatic rings. The summed E-state index contributed by atoms with van der Waals surface area (Å²) >= 11 is 0. The third kappa shape index (κ3) is 10.0. The van der Waals surface area contributed by atoms with Gasteiger partial charge in [0.25, 0.3) is 0 Å². The van der Waals surface area contributed by atoms with Crippen molar-refractivity contribution < 1.29 is 9.47 Å². The molecule has 0 spiro atoms. The van der Waals surface area contributed by atoms with E-state index in [9.17, 15) is 0 Å². The van der Waals surface area contributed by atoms with Crippen molar-refractivity contribution in [3.8, 4) is 11.5 Å². The van der Waals surface area contributed by atoms with E-state index in [1.165, 1.54) is 70.6 Å². The van der Waals surface area contributed by atoms with E-state index in [1.54, 1.807) is 0 Å². The summed E-state index contributed by atoms with van der Waals surface area (Å²) in [5.74, 6) is 5.70. The monoisotopic (exact) mass is 420 g/mol. The van der Waals surface area contributed by atoms with E-state index < -0.39 is 8.07 Å². The van der Waals surface area contributed by atoms with Gasteiger partial charge in [-0.2, -0.15) is 0 Å². The van der Waals surface area contributed by atoms with E-state index in [0.29, 0.717) is 6.10 Å². The molecule has 0 amide bonds. The molecule has 3 atom stereocenters. The highest BCUT2D eigenvalue weighted by Gasteiger charge is 2.46. The predicted molar refractivity (Wildman–Crippen MR) is 128 cm³/mol. The van der Waals surface area contributed by atoms with Crippen molar-refractivity contribution >= 4 is 8.07 Å². The second-order valence-electron chi connectivity index (χ2n) is 10.4. The van der Waals surface area contributed by atoms with Gasteiger partial charge in [-0.05, 0) is 63.3 Å². The summed E-state index contributed by atoms with van der Waals surface area (Å²) in [6.07, 6.45) is 17.8. The van der Waals surface area contributed by atoms with Crippen molar-refractivity contribution in [2.45, 2.75) is 122 Å². The highest BCUT2D eigenvalue weighted by atomic mass is 28.3. The molecule has 2 fully saturated rings. The molecule has 3 unspecified atom stereocenters. The van der Waals surface area contributed by atoms with Crippen LogP contribution in [0.2, 0.25) is 18.6 Å². The van der Waals surface area contributed by atoms with E-state index in [2.05, 4.69) is 38.4 Å². The SMILES string of the molecule is CC(C)OCCCOCCCCCCCCCC#C[Si](C)(C)C1CC2CCC1C2. The molecule has 2 bridgehead atoms. The Balaban J connectivity index is 1.36. The molecule has 2 saturated carbocycles. The Labute approximate surface area is 182 Å². The molecule has 0 radical (unpaired) electrons. The van der Waals surface area contributed by atoms with Crippen LogP contribution in [0.15, 0.2) is 0 Å². The number of hydrogen-bond acceptors (Lipinski definition) is 2. The average Bonchev–Trinajstić information content (AvgIpc) is 3.31. The Bertz CT molecular complexity index is 491. The van der Waals surface area contributed by atoms with Gasteiger partial charge in [0.05, 0.1) is 6.10 Å². The Morgan fingerprint density at radius 1 is 0.828 bits per heavy atom. The van der Waals surface area contributed by atoms with Crippen LogP contribution in [0.25, 0.3) is 0 Å². The molecular weight excluding hydrogens is 372 g/mol. The molecule has 0 aromatic carbocycles. The van der Waals surface area contributed by atoms with Gasteiger partial charge < -0.3 is 9.47 Å². The summed E-state index contributed by atoms with van der Waals surface area (Å²) in [6, 6.07) is 0. The lowest BCUT2D eigenvalue weighted by atomic mass is 10.0. The smallest absolute Gasteiger partial charge is 0.135 e. The number of rotatable bonds is 15. The Morgan fingerprint density at radius 3 is 2.17 bits per heavy atom. The van der Waals surface area contributed by atoms with Crippen molar-refractivity contribution in [2.75, 3.05) is 19.8 Å². The lowest BCUT2D eigenvalue weighted by Gasteiger charge is -2.31. The van der Waals surface area contributed by atoms with E-state index >= 15 is 0 Å². The maximum Gasteiger partial charge on any atom is 0.135 e. The normalized spacial score (nSPS) is 23.6. The first-order valence-electron chi connectivity index (χ1n) is 12.7. The summed E-state index contributed by atoms with van der Waals surface area (Å²) in [5, 5.41) is 0. The fourth-order valence-electron chi connectivity index (χ4n) is 5.40. The zero-order chi connectivity index (χ0) is 21.0. The minimum Gasteiger partial charge on any atom is -0.381 e. The molecule has 168 valence electrons. The maximum absolute atomic E-state index is 5.68. The van der Waals surface area contributed by atoms with Gasteiger partial charge in [0, 0.05) is 26.2 Å². The van der Waals surface area contributed by atoms with Crippen LogP contribution in [0.5, 0.6) is 0 Å². The molecule has 2 nitrogen and oxygen atoms in total. The molecule has 29 heavy (non-hydrogen) atoms. The van der Waals surface area contributed by atoms with Crippen LogP contribution in [0.3, 0.4) is 0 Å². The summed E-state index contributed by atoms with van der Waals surface area (Å²) in [5.41, 5.74) is 4.81. The highest BCUT2D eigenvalue weighted by Crippen LogP contribution is 2.55. The lowest BCUT2D eigenvalue weighted by Crippen LogP contribution is -2.34. The first kappa shape index (κ1) is 25.0. The number of hydrogen-bond donors (Lipinski definition) is 0. The molecular formula is C26H48O2Si. The summed E-state index contributed by atoms with van der Waals surface area (Å²) in [7, 11) is -1.31. The molecule has 0 heterocycles. The van der Waals surface area contributed by atoms with E-state index in [-0.39, 0.29) is 0 Å². The Morgan fingerprint density at radius 2 is 1.52 bits per heavy atom. The summed E-state index contributed by atoms with van der Waals surface area (Å²) in [6.45, 7) is 11.8. The van der Waals surface area contributed by atoms with Gasteiger partial charge in [0.15, 0.2) is 0 Å². The van der Waals surface area contributed by atoms with E-state index in [1.807, 2.05) is 0 Å². The minimum atomic E-state index is -1.31. The quantitative estimate of drug-likeness (QED) is 0.156. The first-order chi connectivity index (χ1) is 14.0. The fourth-order valence-corrected chi connectivity index (χ4v) is 8.56. The Hall–Kier alpha value is -0.303. The highest BCUT2D eigenvalue weighted by molar-refractivity contribution is 6.86. The van der Waals surface area contributed by atoms with Crippen LogP contribution in [-0.2, 0) is 9.47 Å². The van der Waals surface area contributed by atoms with Crippen molar-refractivity contribution in [3.05, 3.63) is 0 Å². The van der Waals surface area contributed by atoms with Gasteiger partial charge in [0.1, 0.15) is 8.07 Å². The molecule has 2 aliphatic carbocycles.